The van der Waals surface area contributed by atoms with Crippen molar-refractivity contribution < 1.29 is 34.8 Å². The van der Waals surface area contributed by atoms with Gasteiger partial charge in [-0.2, -0.15) is 0 Å². The van der Waals surface area contributed by atoms with Crippen LogP contribution in [0.3, 0.4) is 0 Å². The molecule has 1 aliphatic heterocycles. The number of carbonyl (C=O) groups excluding carboxylic acids is 3. The normalized spacial score (nSPS) is 29.7. The Bertz CT molecular complexity index is 1410. The molecule has 4 aliphatic rings. The summed E-state index contributed by atoms with van der Waals surface area (Å²) in [6, 6.07) is 0.580. The Morgan fingerprint density at radius 3 is 2.37 bits per heavy atom. The third kappa shape index (κ3) is 4.08. The molecule has 3 aliphatic carbocycles. The van der Waals surface area contributed by atoms with E-state index in [0.717, 1.165) is 36.3 Å². The number of aliphatic hydroxyl groups excluding tert-OH is 2. The summed E-state index contributed by atoms with van der Waals surface area (Å²) in [7, 11) is 7.15. The Morgan fingerprint density at radius 2 is 1.80 bits per heavy atom. The molecule has 11 nitrogen and oxygen atoms in total. The summed E-state index contributed by atoms with van der Waals surface area (Å²) in [4.78, 5) is 45.5. The Morgan fingerprint density at radius 1 is 1.15 bits per heavy atom. The first-order valence-corrected chi connectivity index (χ1v) is 14.1. The lowest BCUT2D eigenvalue weighted by Crippen LogP contribution is -2.65. The van der Waals surface area contributed by atoms with Crippen molar-refractivity contribution >= 4 is 28.9 Å². The first kappa shape index (κ1) is 29.1. The lowest BCUT2D eigenvalue weighted by Gasteiger charge is -2.50. The summed E-state index contributed by atoms with van der Waals surface area (Å²) < 4.78 is 0. The Labute approximate surface area is 239 Å². The molecular weight excluding hydrogens is 528 g/mol. The van der Waals surface area contributed by atoms with E-state index in [1.54, 1.807) is 20.2 Å². The van der Waals surface area contributed by atoms with E-state index in [4.69, 9.17) is 5.73 Å². The number of Topliss-reactive ketones (excluding diaryl/α,β-unsaturated/α-hetero) is 2. The van der Waals surface area contributed by atoms with E-state index in [-0.39, 0.29) is 35.8 Å². The molecule has 1 unspecified atom stereocenters. The molecule has 0 saturated heterocycles. The highest BCUT2D eigenvalue weighted by atomic mass is 16.3. The predicted molar refractivity (Wildman–Crippen MR) is 152 cm³/mol. The van der Waals surface area contributed by atoms with Crippen LogP contribution in [-0.4, -0.2) is 101 Å². The van der Waals surface area contributed by atoms with Crippen LogP contribution in [0.1, 0.15) is 49.4 Å². The lowest BCUT2D eigenvalue weighted by molar-refractivity contribution is -0.153. The van der Waals surface area contributed by atoms with Crippen molar-refractivity contribution in [1.29, 1.82) is 0 Å². The van der Waals surface area contributed by atoms with Gasteiger partial charge in [0.25, 0.3) is 5.91 Å². The molecule has 1 aromatic rings. The molecule has 1 saturated carbocycles. The molecular formula is C30H40N4O7. The molecule has 41 heavy (non-hydrogen) atoms. The molecule has 6 N–H and O–H groups in total. The molecule has 5 rings (SSSR count). The smallest absolute Gasteiger partial charge is 0.255 e. The van der Waals surface area contributed by atoms with Gasteiger partial charge in [0.2, 0.25) is 5.78 Å². The molecule has 1 heterocycles. The van der Waals surface area contributed by atoms with E-state index >= 15 is 0 Å². The van der Waals surface area contributed by atoms with Gasteiger partial charge in [-0.15, -0.1) is 0 Å². The first-order valence-electron chi connectivity index (χ1n) is 14.1. The van der Waals surface area contributed by atoms with Gasteiger partial charge in [0.1, 0.15) is 22.8 Å². The van der Waals surface area contributed by atoms with Crippen molar-refractivity contribution in [2.45, 2.75) is 50.8 Å². The minimum Gasteiger partial charge on any atom is -0.508 e. The number of carbonyl (C=O) groups is 3. The Hall–Kier alpha value is -3.41. The van der Waals surface area contributed by atoms with Crippen LogP contribution in [0.5, 0.6) is 5.75 Å². The quantitative estimate of drug-likeness (QED) is 0.328. The number of phenolic OH excluding ortho intramolecular Hbond substituents is 1. The van der Waals surface area contributed by atoms with E-state index in [2.05, 4.69) is 23.6 Å². The highest BCUT2D eigenvalue weighted by Crippen LogP contribution is 2.55. The molecule has 222 valence electrons. The number of anilines is 1. The van der Waals surface area contributed by atoms with Crippen LogP contribution in [0.2, 0.25) is 0 Å². The SMILES string of the molecule is CC(C)CN1CCC(N(C)C)c2cc(O)c3c(c21)C[C@@H]1C[C@@H]2[C@H](N(C)C)C(=O)C(C(N)=O)=C(O)[C@@]2(O)C(=O)C1=C3O. The van der Waals surface area contributed by atoms with E-state index in [9.17, 15) is 34.8 Å². The number of likely N-dealkylation sites (N-methyl/N-ethyl adjacent to an activating group) is 1. The van der Waals surface area contributed by atoms with Gasteiger partial charge in [-0.05, 0) is 76.5 Å². The van der Waals surface area contributed by atoms with E-state index in [1.807, 2.05) is 14.1 Å². The average Bonchev–Trinajstić information content (AvgIpc) is 2.85. The van der Waals surface area contributed by atoms with Crippen LogP contribution in [0.15, 0.2) is 23.0 Å². The van der Waals surface area contributed by atoms with E-state index < -0.39 is 58.0 Å². The molecule has 1 fully saturated rings. The van der Waals surface area contributed by atoms with Gasteiger partial charge < -0.3 is 36.0 Å². The highest BCUT2D eigenvalue weighted by Gasteiger charge is 2.64. The number of ketones is 2. The monoisotopic (exact) mass is 568 g/mol. The zero-order valence-corrected chi connectivity index (χ0v) is 24.4. The number of benzene rings is 1. The zero-order valence-electron chi connectivity index (χ0n) is 24.4. The second-order valence-electron chi connectivity index (χ2n) is 12.8. The minimum atomic E-state index is -2.64. The number of nitrogens with two attached hydrogens (primary N) is 1. The number of aliphatic hydroxyl groups is 3. The van der Waals surface area contributed by atoms with Crippen LogP contribution in [-0.2, 0) is 20.8 Å². The number of fused-ring (bicyclic) bond motifs is 5. The van der Waals surface area contributed by atoms with Gasteiger partial charge in [0, 0.05) is 36.3 Å². The number of rotatable bonds is 5. The molecule has 0 radical (unpaired) electrons. The molecule has 1 amide bonds. The van der Waals surface area contributed by atoms with Gasteiger partial charge in [-0.3, -0.25) is 19.3 Å². The summed E-state index contributed by atoms with van der Waals surface area (Å²) in [5.41, 5.74) is 4.53. The van der Waals surface area contributed by atoms with Crippen LogP contribution < -0.4 is 10.6 Å². The minimum absolute atomic E-state index is 0.0404. The molecule has 0 bridgehead atoms. The van der Waals surface area contributed by atoms with Crippen molar-refractivity contribution in [3.8, 4) is 5.75 Å². The van der Waals surface area contributed by atoms with Crippen molar-refractivity contribution in [3.63, 3.8) is 0 Å². The molecule has 11 heteroatoms. The average molecular weight is 569 g/mol. The van der Waals surface area contributed by atoms with Crippen molar-refractivity contribution in [2.75, 3.05) is 46.2 Å². The standard InChI is InChI=1S/C30H40N4O7/c1-13(2)12-34-8-7-18(32(3)4)15-11-19(35)21-16(23(15)34)9-14-10-17-24(33(5)6)26(37)22(29(31)40)28(39)30(17,41)27(38)20(14)25(21)36/h11,13-14,17-18,24,35-36,39,41H,7-10,12H2,1-6H3,(H2,31,40)/t14-,17-,18?,24+,30+/m1/s1. The van der Waals surface area contributed by atoms with E-state index in [1.165, 1.54) is 4.90 Å². The highest BCUT2D eigenvalue weighted by molar-refractivity contribution is 6.24. The number of phenols is 1. The van der Waals surface area contributed by atoms with Crippen LogP contribution in [0.25, 0.3) is 5.76 Å². The van der Waals surface area contributed by atoms with Crippen molar-refractivity contribution in [1.82, 2.24) is 9.80 Å². The first-order chi connectivity index (χ1) is 19.1. The molecule has 5 atom stereocenters. The molecule has 1 aromatic carbocycles. The number of primary amides is 1. The summed E-state index contributed by atoms with van der Waals surface area (Å²) >= 11 is 0. The Kier molecular flexibility index (Phi) is 6.99. The Balaban J connectivity index is 1.75. The number of nitrogens with zero attached hydrogens (tertiary/aromatic N) is 3. The van der Waals surface area contributed by atoms with Crippen LogP contribution in [0.4, 0.5) is 5.69 Å². The van der Waals surface area contributed by atoms with Crippen LogP contribution in [0, 0.1) is 17.8 Å². The number of hydrogen-bond donors (Lipinski definition) is 5. The fourth-order valence-corrected chi connectivity index (χ4v) is 7.66. The third-order valence-corrected chi connectivity index (χ3v) is 9.28. The summed E-state index contributed by atoms with van der Waals surface area (Å²) in [5, 5.41) is 45.7. The second-order valence-corrected chi connectivity index (χ2v) is 12.8. The topological polar surface area (TPSA) is 168 Å². The van der Waals surface area contributed by atoms with E-state index in [0.29, 0.717) is 5.92 Å². The van der Waals surface area contributed by atoms with Crippen molar-refractivity contribution in [2.24, 2.45) is 23.5 Å². The lowest BCUT2D eigenvalue weighted by atomic mass is 9.57. The van der Waals surface area contributed by atoms with Gasteiger partial charge in [-0.1, -0.05) is 13.8 Å². The summed E-state index contributed by atoms with van der Waals surface area (Å²) in [6.45, 7) is 5.80. The summed E-state index contributed by atoms with van der Waals surface area (Å²) in [5.74, 6) is -6.09. The third-order valence-electron chi connectivity index (χ3n) is 9.28. The maximum Gasteiger partial charge on any atom is 0.255 e. The number of amides is 1. The van der Waals surface area contributed by atoms with Gasteiger partial charge >= 0.3 is 0 Å². The van der Waals surface area contributed by atoms with Crippen molar-refractivity contribution in [3.05, 3.63) is 39.7 Å². The number of hydrogen-bond acceptors (Lipinski definition) is 10. The zero-order chi connectivity index (χ0) is 30.3. The van der Waals surface area contributed by atoms with Gasteiger partial charge in [0.15, 0.2) is 11.4 Å². The fourth-order valence-electron chi connectivity index (χ4n) is 7.66. The fraction of sp³-hybridized carbons (Fsp3) is 0.567. The summed E-state index contributed by atoms with van der Waals surface area (Å²) in [6.07, 6.45) is 1.20. The predicted octanol–water partition coefficient (Wildman–Crippen LogP) is 1.43. The largest absolute Gasteiger partial charge is 0.508 e. The number of aromatic hydroxyl groups is 1. The maximum absolute atomic E-state index is 14.1. The molecule has 0 aromatic heterocycles. The second kappa shape index (κ2) is 9.85. The van der Waals surface area contributed by atoms with Gasteiger partial charge in [-0.25, -0.2) is 0 Å². The van der Waals surface area contributed by atoms with Crippen LogP contribution >= 0.6 is 0 Å². The molecule has 0 spiro atoms. The maximum atomic E-state index is 14.1. The van der Waals surface area contributed by atoms with Gasteiger partial charge in [0.05, 0.1) is 11.6 Å².